The van der Waals surface area contributed by atoms with Crippen LogP contribution in [0.1, 0.15) is 13.8 Å². The molecule has 1 aromatic rings. The second-order valence-corrected chi connectivity index (χ2v) is 5.61. The summed E-state index contributed by atoms with van der Waals surface area (Å²) in [6.45, 7) is 4.51. The largest absolute Gasteiger partial charge is 0.434 e. The van der Waals surface area contributed by atoms with Gasteiger partial charge < -0.3 is 20.5 Å². The number of aliphatic hydroxyl groups is 1. The molecule has 0 aliphatic heterocycles. The number of nitrogens with zero attached hydrogens (tertiary/aromatic N) is 3. The van der Waals surface area contributed by atoms with Crippen molar-refractivity contribution in [3.05, 3.63) is 22.5 Å². The highest BCUT2D eigenvalue weighted by Gasteiger charge is 2.18. The van der Waals surface area contributed by atoms with Crippen LogP contribution in [0.2, 0.25) is 0 Å². The van der Waals surface area contributed by atoms with E-state index in [0.717, 1.165) is 0 Å². The first-order valence-corrected chi connectivity index (χ1v) is 6.54. The van der Waals surface area contributed by atoms with Gasteiger partial charge >= 0.3 is 5.95 Å². The molecule has 9 heteroatoms. The number of aromatic nitrogens is 2. The van der Waals surface area contributed by atoms with E-state index in [0.29, 0.717) is 6.54 Å². The quantitative estimate of drug-likeness (QED) is 0.410. The maximum absolute atomic E-state index is 10.6. The summed E-state index contributed by atoms with van der Waals surface area (Å²) in [5.41, 5.74) is 0. The predicted octanol–water partition coefficient (Wildman–Crippen LogP) is 1.49. The van der Waals surface area contributed by atoms with Crippen LogP contribution in [0.25, 0.3) is 0 Å². The van der Waals surface area contributed by atoms with E-state index in [2.05, 4.69) is 26.2 Å². The Hall–Kier alpha value is -0.510. The van der Waals surface area contributed by atoms with Gasteiger partial charge in [-0.1, -0.05) is 27.8 Å². The molecule has 0 aliphatic carbocycles. The van der Waals surface area contributed by atoms with E-state index < -0.39 is 11.0 Å². The van der Waals surface area contributed by atoms with E-state index in [-0.39, 0.29) is 40.3 Å². The van der Waals surface area contributed by atoms with Gasteiger partial charge in [0.15, 0.2) is 0 Å². The monoisotopic (exact) mass is 400 g/mol. The van der Waals surface area contributed by atoms with E-state index >= 15 is 0 Å². The number of imidazole rings is 1. The minimum Gasteiger partial charge on any atom is -0.390 e. The van der Waals surface area contributed by atoms with Crippen molar-refractivity contribution in [2.75, 3.05) is 6.54 Å². The summed E-state index contributed by atoms with van der Waals surface area (Å²) in [5.74, 6) is -0.254. The Kier molecular flexibility index (Phi) is 8.39. The van der Waals surface area contributed by atoms with Gasteiger partial charge in [0.05, 0.1) is 12.6 Å². The molecule has 1 rings (SSSR count). The molecule has 1 aromatic heterocycles. The Bertz CT molecular complexity index is 400. The molecule has 110 valence electrons. The maximum Gasteiger partial charge on any atom is 0.434 e. The first kappa shape index (κ1) is 18.5. The van der Waals surface area contributed by atoms with Crippen molar-refractivity contribution in [1.82, 2.24) is 14.9 Å². The van der Waals surface area contributed by atoms with Crippen LogP contribution in [0.5, 0.6) is 0 Å². The highest BCUT2D eigenvalue weighted by atomic mass is 79.9. The van der Waals surface area contributed by atoms with Crippen molar-refractivity contribution in [2.45, 2.75) is 37.4 Å². The van der Waals surface area contributed by atoms with Crippen molar-refractivity contribution in [2.24, 2.45) is 0 Å². The third kappa shape index (κ3) is 5.98. The molecule has 0 fully saturated rings. The van der Waals surface area contributed by atoms with Crippen molar-refractivity contribution in [1.29, 1.82) is 0 Å². The molecule has 1 heterocycles. The summed E-state index contributed by atoms with van der Waals surface area (Å²) in [6, 6.07) is 0.206. The number of nitro groups is 1. The van der Waals surface area contributed by atoms with Crippen LogP contribution < -0.4 is 5.32 Å². The molecule has 1 unspecified atom stereocenters. The maximum atomic E-state index is 10.6. The zero-order valence-electron chi connectivity index (χ0n) is 10.7. The molecular weight excluding hydrogens is 384 g/mol. The minimum absolute atomic E-state index is 0. The molecule has 2 N–H and O–H groups in total. The fraction of sp³-hybridized carbons (Fsp3) is 0.700. The Balaban J connectivity index is 0.00000324. The lowest BCUT2D eigenvalue weighted by Crippen LogP contribution is -2.39. The van der Waals surface area contributed by atoms with E-state index in [1.807, 2.05) is 13.8 Å². The lowest BCUT2D eigenvalue weighted by molar-refractivity contribution is -0.397. The number of hydrogen-bond acceptors (Lipinski definition) is 5. The molecule has 0 saturated carbocycles. The van der Waals surface area contributed by atoms with E-state index in [9.17, 15) is 15.2 Å². The molecular formula is C10H18Br2N4O3. The third-order valence-corrected chi connectivity index (χ3v) is 3.42. The van der Waals surface area contributed by atoms with Crippen molar-refractivity contribution < 1.29 is 10.0 Å². The van der Waals surface area contributed by atoms with Gasteiger partial charge in [0, 0.05) is 17.4 Å². The number of nitrogens with one attached hydrogen (secondary N) is 1. The van der Waals surface area contributed by atoms with Gasteiger partial charge in [-0.3, -0.25) is 0 Å². The molecule has 19 heavy (non-hydrogen) atoms. The molecule has 0 spiro atoms. The zero-order chi connectivity index (χ0) is 13.7. The lowest BCUT2D eigenvalue weighted by Gasteiger charge is -2.18. The normalized spacial score (nSPS) is 15.4. The number of hydrogen-bond donors (Lipinski definition) is 2. The SMILES string of the molecule is Br.C[C@@H](Br)[C@@H](C)NCC(O)Cn1ccnc1[N+](=O)[O-]. The van der Waals surface area contributed by atoms with Crippen molar-refractivity contribution >= 4 is 38.9 Å². The molecule has 0 aromatic carbocycles. The highest BCUT2D eigenvalue weighted by Crippen LogP contribution is 2.08. The first-order chi connectivity index (χ1) is 8.41. The lowest BCUT2D eigenvalue weighted by atomic mass is 10.2. The summed E-state index contributed by atoms with van der Waals surface area (Å²) in [7, 11) is 0. The highest BCUT2D eigenvalue weighted by molar-refractivity contribution is 9.09. The third-order valence-electron chi connectivity index (χ3n) is 2.63. The topological polar surface area (TPSA) is 93.2 Å². The van der Waals surface area contributed by atoms with Crippen LogP contribution in [0.3, 0.4) is 0 Å². The Morgan fingerprint density at radius 1 is 1.63 bits per heavy atom. The van der Waals surface area contributed by atoms with Gasteiger partial charge in [-0.15, -0.1) is 17.0 Å². The number of alkyl halides is 1. The Morgan fingerprint density at radius 2 is 2.26 bits per heavy atom. The number of rotatable bonds is 7. The van der Waals surface area contributed by atoms with Gasteiger partial charge in [-0.25, -0.2) is 4.57 Å². The average molecular weight is 402 g/mol. The van der Waals surface area contributed by atoms with Crippen LogP contribution in [0, 0.1) is 10.1 Å². The van der Waals surface area contributed by atoms with Crippen LogP contribution in [-0.2, 0) is 6.54 Å². The standard InChI is InChI=1S/C10H17BrN4O3.BrH/c1-7(11)8(2)13-5-9(16)6-14-4-3-12-10(14)15(17)18;/h3-4,7-9,13,16H,5-6H2,1-2H3;1H/t7-,8-,9?;/m1./s1. The van der Waals surface area contributed by atoms with Crippen LogP contribution >= 0.6 is 32.9 Å². The van der Waals surface area contributed by atoms with Crippen LogP contribution in [0.15, 0.2) is 12.4 Å². The minimum atomic E-state index is -0.702. The Labute approximate surface area is 130 Å². The number of halogens is 2. The molecule has 0 saturated heterocycles. The van der Waals surface area contributed by atoms with Gasteiger partial charge in [-0.05, 0) is 11.8 Å². The summed E-state index contributed by atoms with van der Waals surface area (Å²) in [5, 5.41) is 23.6. The van der Waals surface area contributed by atoms with E-state index in [1.165, 1.54) is 17.0 Å². The smallest absolute Gasteiger partial charge is 0.390 e. The van der Waals surface area contributed by atoms with Crippen LogP contribution in [0.4, 0.5) is 5.95 Å². The average Bonchev–Trinajstić information content (AvgIpc) is 2.73. The fourth-order valence-corrected chi connectivity index (χ4v) is 1.58. The second kappa shape index (κ2) is 8.62. The van der Waals surface area contributed by atoms with Gasteiger partial charge in [0.25, 0.3) is 0 Å². The van der Waals surface area contributed by atoms with Crippen molar-refractivity contribution in [3.8, 4) is 0 Å². The zero-order valence-corrected chi connectivity index (χ0v) is 14.0. The molecule has 3 atom stereocenters. The fourth-order valence-electron chi connectivity index (χ4n) is 1.39. The van der Waals surface area contributed by atoms with E-state index in [4.69, 9.17) is 0 Å². The molecule has 0 radical (unpaired) electrons. The van der Waals surface area contributed by atoms with Crippen LogP contribution in [-0.4, -0.2) is 43.1 Å². The summed E-state index contributed by atoms with van der Waals surface area (Å²) in [4.78, 5) is 14.0. The second-order valence-electron chi connectivity index (χ2n) is 4.16. The molecule has 7 nitrogen and oxygen atoms in total. The first-order valence-electron chi connectivity index (χ1n) is 5.63. The summed E-state index contributed by atoms with van der Waals surface area (Å²) < 4.78 is 1.33. The van der Waals surface area contributed by atoms with Gasteiger partial charge in [0.1, 0.15) is 12.4 Å². The molecule has 0 amide bonds. The van der Waals surface area contributed by atoms with Crippen molar-refractivity contribution in [3.63, 3.8) is 0 Å². The summed E-state index contributed by atoms with van der Waals surface area (Å²) >= 11 is 3.43. The number of aliphatic hydroxyl groups excluding tert-OH is 1. The predicted molar refractivity (Wildman–Crippen MR) is 81.1 cm³/mol. The van der Waals surface area contributed by atoms with Gasteiger partial charge in [0.2, 0.25) is 0 Å². The van der Waals surface area contributed by atoms with E-state index in [1.54, 1.807) is 0 Å². The summed E-state index contributed by atoms with van der Waals surface area (Å²) in [6.07, 6.45) is 2.13. The Morgan fingerprint density at radius 3 is 2.79 bits per heavy atom. The molecule has 0 aliphatic rings. The van der Waals surface area contributed by atoms with Gasteiger partial charge in [-0.2, -0.15) is 0 Å². The molecule has 0 bridgehead atoms.